The Morgan fingerprint density at radius 1 is 1.19 bits per heavy atom. The number of hydrogen-bond donors (Lipinski definition) is 1. The molecular formula is C20H20FN3O3. The highest BCUT2D eigenvalue weighted by Crippen LogP contribution is 2.19. The van der Waals surface area contributed by atoms with Crippen molar-refractivity contribution in [3.63, 3.8) is 0 Å². The number of rotatable bonds is 8. The van der Waals surface area contributed by atoms with E-state index in [-0.39, 0.29) is 24.0 Å². The third-order valence-corrected chi connectivity index (χ3v) is 3.89. The lowest BCUT2D eigenvalue weighted by molar-refractivity contribution is -0.120. The van der Waals surface area contributed by atoms with Crippen LogP contribution in [0.2, 0.25) is 0 Å². The fourth-order valence-electron chi connectivity index (χ4n) is 2.48. The van der Waals surface area contributed by atoms with Gasteiger partial charge in [-0.2, -0.15) is 4.98 Å². The van der Waals surface area contributed by atoms with E-state index in [1.165, 1.54) is 12.1 Å². The predicted molar refractivity (Wildman–Crippen MR) is 97.7 cm³/mol. The highest BCUT2D eigenvalue weighted by Gasteiger charge is 2.13. The first-order valence-electron chi connectivity index (χ1n) is 8.65. The summed E-state index contributed by atoms with van der Waals surface area (Å²) in [6, 6.07) is 13.5. The molecule has 0 spiro atoms. The second-order valence-corrected chi connectivity index (χ2v) is 6.01. The molecule has 140 valence electrons. The summed E-state index contributed by atoms with van der Waals surface area (Å²) in [5.41, 5.74) is 1.92. The molecule has 3 rings (SSSR count). The maximum atomic E-state index is 12.8. The number of benzene rings is 2. The van der Waals surface area contributed by atoms with Gasteiger partial charge in [0, 0.05) is 12.1 Å². The van der Waals surface area contributed by atoms with Crippen molar-refractivity contribution >= 4 is 5.91 Å². The van der Waals surface area contributed by atoms with E-state index in [0.717, 1.165) is 11.1 Å². The summed E-state index contributed by atoms with van der Waals surface area (Å²) < 4.78 is 23.4. The van der Waals surface area contributed by atoms with Crippen molar-refractivity contribution in [2.24, 2.45) is 0 Å². The molecule has 0 bridgehead atoms. The molecule has 0 atom stereocenters. The van der Waals surface area contributed by atoms with Crippen LogP contribution in [0.25, 0.3) is 11.4 Å². The highest BCUT2D eigenvalue weighted by atomic mass is 19.1. The Hall–Kier alpha value is -3.22. The maximum absolute atomic E-state index is 12.8. The van der Waals surface area contributed by atoms with Crippen molar-refractivity contribution in [2.45, 2.75) is 19.8 Å². The summed E-state index contributed by atoms with van der Waals surface area (Å²) in [4.78, 5) is 16.3. The van der Waals surface area contributed by atoms with Gasteiger partial charge in [0.25, 0.3) is 0 Å². The van der Waals surface area contributed by atoms with E-state index in [4.69, 9.17) is 9.26 Å². The van der Waals surface area contributed by atoms with Crippen molar-refractivity contribution in [3.8, 4) is 17.1 Å². The first-order valence-corrected chi connectivity index (χ1v) is 8.65. The van der Waals surface area contributed by atoms with Crippen LogP contribution < -0.4 is 10.1 Å². The topological polar surface area (TPSA) is 77.2 Å². The third-order valence-electron chi connectivity index (χ3n) is 3.89. The molecule has 0 aliphatic carbocycles. The molecule has 27 heavy (non-hydrogen) atoms. The molecule has 0 saturated carbocycles. The summed E-state index contributed by atoms with van der Waals surface area (Å²) in [6.45, 7) is 2.84. The number of carbonyl (C=O) groups excluding carboxylic acids is 1. The summed E-state index contributed by atoms with van der Waals surface area (Å²) in [6.07, 6.45) is 0.652. The van der Waals surface area contributed by atoms with Gasteiger partial charge in [-0.3, -0.25) is 4.79 Å². The van der Waals surface area contributed by atoms with Crippen molar-refractivity contribution in [3.05, 3.63) is 65.8 Å². The molecule has 1 amide bonds. The van der Waals surface area contributed by atoms with Crippen molar-refractivity contribution in [2.75, 3.05) is 13.2 Å². The van der Waals surface area contributed by atoms with Gasteiger partial charge in [0.15, 0.2) is 0 Å². The number of halogens is 1. The van der Waals surface area contributed by atoms with E-state index < -0.39 is 0 Å². The van der Waals surface area contributed by atoms with Gasteiger partial charge in [0.2, 0.25) is 17.6 Å². The van der Waals surface area contributed by atoms with Gasteiger partial charge in [-0.25, -0.2) is 4.39 Å². The molecule has 0 aliphatic rings. The number of nitrogens with zero attached hydrogens (tertiary/aromatic N) is 2. The van der Waals surface area contributed by atoms with Crippen LogP contribution in [0.3, 0.4) is 0 Å². The molecule has 6 nitrogen and oxygen atoms in total. The van der Waals surface area contributed by atoms with E-state index in [0.29, 0.717) is 31.1 Å². The molecule has 3 aromatic rings. The minimum atomic E-state index is -0.304. The van der Waals surface area contributed by atoms with Crippen LogP contribution in [0, 0.1) is 12.7 Å². The zero-order chi connectivity index (χ0) is 19.1. The molecular weight excluding hydrogens is 349 g/mol. The van der Waals surface area contributed by atoms with Gasteiger partial charge in [-0.1, -0.05) is 29.4 Å². The molecule has 1 N–H and O–H groups in total. The Bertz CT molecular complexity index is 893. The predicted octanol–water partition coefficient (Wildman–Crippen LogP) is 3.31. The lowest BCUT2D eigenvalue weighted by Gasteiger charge is -2.06. The number of nitrogens with one attached hydrogen (secondary N) is 1. The Balaban J connectivity index is 1.39. The minimum absolute atomic E-state index is 0.0255. The first kappa shape index (κ1) is 18.6. The summed E-state index contributed by atoms with van der Waals surface area (Å²) >= 11 is 0. The molecule has 1 aromatic heterocycles. The first-order chi connectivity index (χ1) is 13.1. The Kier molecular flexibility index (Phi) is 6.14. The van der Waals surface area contributed by atoms with Crippen molar-refractivity contribution in [1.29, 1.82) is 0 Å². The molecule has 0 saturated heterocycles. The molecule has 0 aliphatic heterocycles. The standard InChI is InChI=1S/C20H20FN3O3/c1-14-5-2-3-6-17(14)20-23-19(27-24-20)13-18(25)22-11-4-12-26-16-9-7-15(21)8-10-16/h2-3,5-10H,4,11-13H2,1H3,(H,22,25). The lowest BCUT2D eigenvalue weighted by Crippen LogP contribution is -2.27. The van der Waals surface area contributed by atoms with Crippen LogP contribution in [0.5, 0.6) is 5.75 Å². The average molecular weight is 369 g/mol. The van der Waals surface area contributed by atoms with Crippen LogP contribution >= 0.6 is 0 Å². The van der Waals surface area contributed by atoms with Crippen LogP contribution in [0.15, 0.2) is 53.1 Å². The number of amides is 1. The fourth-order valence-corrected chi connectivity index (χ4v) is 2.48. The highest BCUT2D eigenvalue weighted by molar-refractivity contribution is 5.77. The molecule has 1 heterocycles. The number of hydrogen-bond acceptors (Lipinski definition) is 5. The molecule has 0 radical (unpaired) electrons. The van der Waals surface area contributed by atoms with Gasteiger partial charge >= 0.3 is 0 Å². The molecule has 7 heteroatoms. The largest absolute Gasteiger partial charge is 0.494 e. The average Bonchev–Trinajstić information content (AvgIpc) is 3.11. The lowest BCUT2D eigenvalue weighted by atomic mass is 10.1. The van der Waals surface area contributed by atoms with E-state index in [1.807, 2.05) is 31.2 Å². The molecule has 2 aromatic carbocycles. The normalized spacial score (nSPS) is 10.6. The maximum Gasteiger partial charge on any atom is 0.236 e. The van der Waals surface area contributed by atoms with Gasteiger partial charge < -0.3 is 14.6 Å². The Morgan fingerprint density at radius 3 is 2.74 bits per heavy atom. The number of aryl methyl sites for hydroxylation is 1. The van der Waals surface area contributed by atoms with Crippen LogP contribution in [-0.2, 0) is 11.2 Å². The number of aromatic nitrogens is 2. The van der Waals surface area contributed by atoms with Gasteiger partial charge in [-0.05, 0) is 43.2 Å². The SMILES string of the molecule is Cc1ccccc1-c1noc(CC(=O)NCCCOc2ccc(F)cc2)n1. The second-order valence-electron chi connectivity index (χ2n) is 6.01. The fraction of sp³-hybridized carbons (Fsp3) is 0.250. The Labute approximate surface area is 156 Å². The van der Waals surface area contributed by atoms with Crippen LogP contribution in [0.1, 0.15) is 17.9 Å². The number of ether oxygens (including phenoxy) is 1. The number of carbonyl (C=O) groups is 1. The van der Waals surface area contributed by atoms with Gasteiger partial charge in [0.1, 0.15) is 18.0 Å². The minimum Gasteiger partial charge on any atom is -0.494 e. The van der Waals surface area contributed by atoms with Crippen molar-refractivity contribution < 1.29 is 18.4 Å². The van der Waals surface area contributed by atoms with Gasteiger partial charge in [-0.15, -0.1) is 0 Å². The summed E-state index contributed by atoms with van der Waals surface area (Å²) in [5.74, 6) is 0.840. The quantitative estimate of drug-likeness (QED) is 0.617. The van der Waals surface area contributed by atoms with Crippen LogP contribution in [0.4, 0.5) is 4.39 Å². The van der Waals surface area contributed by atoms with E-state index in [9.17, 15) is 9.18 Å². The molecule has 0 unspecified atom stereocenters. The van der Waals surface area contributed by atoms with Crippen LogP contribution in [-0.4, -0.2) is 29.2 Å². The Morgan fingerprint density at radius 2 is 1.96 bits per heavy atom. The molecule has 0 fully saturated rings. The van der Waals surface area contributed by atoms with E-state index in [1.54, 1.807) is 12.1 Å². The zero-order valence-electron chi connectivity index (χ0n) is 14.9. The van der Waals surface area contributed by atoms with E-state index in [2.05, 4.69) is 15.5 Å². The summed E-state index contributed by atoms with van der Waals surface area (Å²) in [7, 11) is 0. The second kappa shape index (κ2) is 8.93. The van der Waals surface area contributed by atoms with Crippen molar-refractivity contribution in [1.82, 2.24) is 15.5 Å². The third kappa shape index (κ3) is 5.37. The zero-order valence-corrected chi connectivity index (χ0v) is 14.9. The summed E-state index contributed by atoms with van der Waals surface area (Å²) in [5, 5.41) is 6.72. The monoisotopic (exact) mass is 369 g/mol. The smallest absolute Gasteiger partial charge is 0.236 e. The van der Waals surface area contributed by atoms with Gasteiger partial charge in [0.05, 0.1) is 6.61 Å². The van der Waals surface area contributed by atoms with E-state index >= 15 is 0 Å².